The summed E-state index contributed by atoms with van der Waals surface area (Å²) in [6, 6.07) is 24.3. The maximum atomic E-state index is 13.7. The third-order valence-electron chi connectivity index (χ3n) is 8.10. The normalized spacial score (nSPS) is 16.1. The van der Waals surface area contributed by atoms with E-state index < -0.39 is 16.1 Å². The van der Waals surface area contributed by atoms with Gasteiger partial charge in [0.15, 0.2) is 0 Å². The summed E-state index contributed by atoms with van der Waals surface area (Å²) in [5.74, 6) is 0.332. The first-order chi connectivity index (χ1) is 22.4. The van der Waals surface area contributed by atoms with Crippen LogP contribution in [0.15, 0.2) is 89.8 Å². The number of benzene rings is 4. The van der Waals surface area contributed by atoms with Gasteiger partial charge in [-0.2, -0.15) is 0 Å². The topological polar surface area (TPSA) is 114 Å². The molecule has 1 aliphatic heterocycles. The number of carbonyl (C=O) groups is 2. The zero-order valence-electron chi connectivity index (χ0n) is 27.3. The van der Waals surface area contributed by atoms with Crippen LogP contribution < -0.4 is 14.2 Å². The first-order valence-corrected chi connectivity index (χ1v) is 16.6. The number of methoxy groups -OCH3 is 2. The summed E-state index contributed by atoms with van der Waals surface area (Å²) < 4.78 is 47.5. The number of nitrogens with one attached hydrogen (secondary N) is 1. The largest absolute Gasteiger partial charge is 0.495 e. The van der Waals surface area contributed by atoms with Crippen LogP contribution in [0.25, 0.3) is 11.1 Å². The molecule has 0 radical (unpaired) electrons. The molecule has 5 rings (SSSR count). The number of hydrogen-bond donors (Lipinski definition) is 1. The number of nitrogens with zero attached hydrogens (tertiary/aromatic N) is 2. The Morgan fingerprint density at radius 1 is 0.851 bits per heavy atom. The van der Waals surface area contributed by atoms with Gasteiger partial charge in [-0.1, -0.05) is 42.0 Å². The van der Waals surface area contributed by atoms with Crippen LogP contribution in [0.3, 0.4) is 0 Å². The quantitative estimate of drug-likeness (QED) is 0.243. The van der Waals surface area contributed by atoms with E-state index in [2.05, 4.69) is 4.72 Å². The summed E-state index contributed by atoms with van der Waals surface area (Å²) in [5, 5.41) is 0. The van der Waals surface area contributed by atoms with Crippen molar-refractivity contribution < 1.29 is 32.2 Å². The van der Waals surface area contributed by atoms with Gasteiger partial charge < -0.3 is 24.0 Å². The third kappa shape index (κ3) is 7.42. The maximum absolute atomic E-state index is 13.7. The Morgan fingerprint density at radius 2 is 1.57 bits per heavy atom. The van der Waals surface area contributed by atoms with Gasteiger partial charge in [0.25, 0.3) is 21.8 Å². The fraction of sp³-hybridized carbons (Fsp3) is 0.278. The van der Waals surface area contributed by atoms with Crippen molar-refractivity contribution in [3.63, 3.8) is 0 Å². The smallest absolute Gasteiger partial charge is 0.265 e. The number of anilines is 1. The molecule has 1 aliphatic rings. The lowest BCUT2D eigenvalue weighted by Crippen LogP contribution is -2.32. The molecule has 11 heteroatoms. The molecule has 1 fully saturated rings. The van der Waals surface area contributed by atoms with Crippen LogP contribution in [0, 0.1) is 13.8 Å². The fourth-order valence-corrected chi connectivity index (χ4v) is 6.81. The SMILES string of the molecule is COc1ccc(-c2cccc(C(=O)N(C)C)c2)cc1S(=O)(=O)Nc1cccc(O[C@@H]2CN(C(=O)c3cc(C)ccc3C)C[C@@H]2OC)c1. The van der Waals surface area contributed by atoms with E-state index in [4.69, 9.17) is 14.2 Å². The van der Waals surface area contributed by atoms with Crippen molar-refractivity contribution in [3.8, 4) is 22.6 Å². The van der Waals surface area contributed by atoms with Crippen molar-refractivity contribution in [3.05, 3.63) is 107 Å². The first-order valence-electron chi connectivity index (χ1n) is 15.1. The summed E-state index contributed by atoms with van der Waals surface area (Å²) in [7, 11) is 2.20. The molecular formula is C36H39N3O7S. The Hall–Kier alpha value is -4.87. The molecule has 2 atom stereocenters. The number of aryl methyl sites for hydroxylation is 2. The highest BCUT2D eigenvalue weighted by molar-refractivity contribution is 7.92. The van der Waals surface area contributed by atoms with Gasteiger partial charge in [-0.15, -0.1) is 0 Å². The van der Waals surface area contributed by atoms with Gasteiger partial charge in [0.1, 0.15) is 28.6 Å². The van der Waals surface area contributed by atoms with Gasteiger partial charge in [-0.25, -0.2) is 8.42 Å². The minimum atomic E-state index is -4.13. The second kappa shape index (κ2) is 13.9. The Balaban J connectivity index is 1.35. The lowest BCUT2D eigenvalue weighted by atomic mass is 10.0. The Morgan fingerprint density at radius 3 is 2.30 bits per heavy atom. The minimum absolute atomic E-state index is 0.0657. The number of amides is 2. The van der Waals surface area contributed by atoms with Crippen LogP contribution in [0.4, 0.5) is 5.69 Å². The van der Waals surface area contributed by atoms with Crippen LogP contribution in [0.2, 0.25) is 0 Å². The summed E-state index contributed by atoms with van der Waals surface area (Å²) in [6.45, 7) is 4.54. The van der Waals surface area contributed by atoms with E-state index in [1.54, 1.807) is 80.7 Å². The second-order valence-electron chi connectivity index (χ2n) is 11.7. The Kier molecular flexibility index (Phi) is 9.88. The van der Waals surface area contributed by atoms with Crippen LogP contribution in [-0.2, 0) is 14.8 Å². The zero-order chi connectivity index (χ0) is 33.9. The average molecular weight is 658 g/mol. The van der Waals surface area contributed by atoms with E-state index in [-0.39, 0.29) is 34.3 Å². The third-order valence-corrected chi connectivity index (χ3v) is 9.51. The Bertz CT molecular complexity index is 1910. The summed E-state index contributed by atoms with van der Waals surface area (Å²) in [4.78, 5) is 29.0. The van der Waals surface area contributed by atoms with E-state index in [0.717, 1.165) is 11.1 Å². The van der Waals surface area contributed by atoms with E-state index >= 15 is 0 Å². The van der Waals surface area contributed by atoms with Crippen molar-refractivity contribution in [1.82, 2.24) is 9.80 Å². The van der Waals surface area contributed by atoms with Crippen molar-refractivity contribution in [2.45, 2.75) is 31.0 Å². The number of ether oxygens (including phenoxy) is 3. The molecular weight excluding hydrogens is 618 g/mol. The lowest BCUT2D eigenvalue weighted by molar-refractivity contribution is 0.0340. The molecule has 0 unspecified atom stereocenters. The predicted octanol–water partition coefficient (Wildman–Crippen LogP) is 5.40. The Labute approximate surface area is 275 Å². The fourth-order valence-electron chi connectivity index (χ4n) is 5.56. The zero-order valence-corrected chi connectivity index (χ0v) is 28.1. The molecule has 1 saturated heterocycles. The molecule has 246 valence electrons. The van der Waals surface area contributed by atoms with E-state index in [9.17, 15) is 18.0 Å². The molecule has 0 bridgehead atoms. The van der Waals surface area contributed by atoms with E-state index in [1.165, 1.54) is 18.1 Å². The number of likely N-dealkylation sites (tertiary alicyclic amines) is 1. The molecule has 0 aliphatic carbocycles. The number of hydrogen-bond acceptors (Lipinski definition) is 7. The van der Waals surface area contributed by atoms with Crippen LogP contribution in [-0.4, -0.2) is 83.6 Å². The number of sulfonamides is 1. The highest BCUT2D eigenvalue weighted by Gasteiger charge is 2.38. The molecule has 0 saturated carbocycles. The van der Waals surface area contributed by atoms with E-state index in [0.29, 0.717) is 41.1 Å². The summed E-state index contributed by atoms with van der Waals surface area (Å²) in [5.41, 5.74) is 4.59. The van der Waals surface area contributed by atoms with Crippen molar-refractivity contribution >= 4 is 27.5 Å². The molecule has 47 heavy (non-hydrogen) atoms. The van der Waals surface area contributed by atoms with Crippen LogP contribution in [0.1, 0.15) is 31.8 Å². The first kappa shape index (κ1) is 33.5. The van der Waals surface area contributed by atoms with Gasteiger partial charge in [0.2, 0.25) is 0 Å². The molecule has 1 heterocycles. The van der Waals surface area contributed by atoms with Gasteiger partial charge in [-0.05, 0) is 73.0 Å². The van der Waals surface area contributed by atoms with Crippen molar-refractivity contribution in [2.75, 3.05) is 46.1 Å². The lowest BCUT2D eigenvalue weighted by Gasteiger charge is -2.20. The maximum Gasteiger partial charge on any atom is 0.265 e. The van der Waals surface area contributed by atoms with Crippen molar-refractivity contribution in [1.29, 1.82) is 0 Å². The van der Waals surface area contributed by atoms with Crippen LogP contribution >= 0.6 is 0 Å². The minimum Gasteiger partial charge on any atom is -0.495 e. The molecule has 10 nitrogen and oxygen atoms in total. The molecule has 4 aromatic rings. The summed E-state index contributed by atoms with van der Waals surface area (Å²) >= 11 is 0. The van der Waals surface area contributed by atoms with Crippen LogP contribution in [0.5, 0.6) is 11.5 Å². The van der Waals surface area contributed by atoms with Crippen molar-refractivity contribution in [2.24, 2.45) is 0 Å². The van der Waals surface area contributed by atoms with Gasteiger partial charge in [0.05, 0.1) is 25.9 Å². The standard InChI is InChI=1S/C36H39N3O7S/c1-23-13-14-24(2)30(17-23)36(41)39-21-32(45-6)33(22-39)46-29-12-8-11-28(20-29)37-47(42,43)34-19-26(15-16-31(34)44-5)25-9-7-10-27(18-25)35(40)38(3)4/h7-20,32-33,37H,21-22H2,1-6H3/t32-,33+/m0/s1. The van der Waals surface area contributed by atoms with E-state index in [1.807, 2.05) is 38.1 Å². The number of carbonyl (C=O) groups excluding carboxylic acids is 2. The predicted molar refractivity (Wildman–Crippen MR) is 181 cm³/mol. The highest BCUT2D eigenvalue weighted by atomic mass is 32.2. The summed E-state index contributed by atoms with van der Waals surface area (Å²) in [6.07, 6.45) is -0.837. The molecule has 0 spiro atoms. The molecule has 1 N–H and O–H groups in total. The molecule has 0 aromatic heterocycles. The second-order valence-corrected chi connectivity index (χ2v) is 13.4. The van der Waals surface area contributed by atoms with Gasteiger partial charge in [-0.3, -0.25) is 14.3 Å². The molecule has 2 amide bonds. The molecule has 4 aromatic carbocycles. The monoisotopic (exact) mass is 657 g/mol. The van der Waals surface area contributed by atoms with Gasteiger partial charge >= 0.3 is 0 Å². The van der Waals surface area contributed by atoms with Gasteiger partial charge in [0, 0.05) is 38.4 Å². The highest BCUT2D eigenvalue weighted by Crippen LogP contribution is 2.33. The number of rotatable bonds is 10. The average Bonchev–Trinajstić information content (AvgIpc) is 3.47.